The molecular weight excluding hydrogens is 172 g/mol. The highest BCUT2D eigenvalue weighted by atomic mass is 16.4. The lowest BCUT2D eigenvalue weighted by Gasteiger charge is -2.16. The maximum atomic E-state index is 10.8. The number of rotatable bonds is 4. The van der Waals surface area contributed by atoms with Gasteiger partial charge in [-0.3, -0.25) is 9.59 Å². The Labute approximate surface area is 76.6 Å². The maximum Gasteiger partial charge on any atom is 0.307 e. The fraction of sp³-hybridized carbons (Fsp3) is 0.778. The summed E-state index contributed by atoms with van der Waals surface area (Å²) < 4.78 is 0. The van der Waals surface area contributed by atoms with Crippen molar-refractivity contribution in [3.63, 3.8) is 0 Å². The minimum Gasteiger partial charge on any atom is -0.481 e. The summed E-state index contributed by atoms with van der Waals surface area (Å²) >= 11 is 0. The van der Waals surface area contributed by atoms with Crippen LogP contribution in [0.5, 0.6) is 0 Å². The van der Waals surface area contributed by atoms with E-state index in [4.69, 9.17) is 10.2 Å². The molecule has 1 aliphatic rings. The monoisotopic (exact) mass is 186 g/mol. The van der Waals surface area contributed by atoms with Gasteiger partial charge in [-0.2, -0.15) is 0 Å². The summed E-state index contributed by atoms with van der Waals surface area (Å²) in [4.78, 5) is 21.2. The van der Waals surface area contributed by atoms with Crippen LogP contribution in [0.1, 0.15) is 32.1 Å². The van der Waals surface area contributed by atoms with Crippen LogP contribution in [-0.2, 0) is 9.59 Å². The molecule has 0 aromatic heterocycles. The van der Waals surface area contributed by atoms with Crippen molar-refractivity contribution >= 4 is 11.9 Å². The summed E-state index contributed by atoms with van der Waals surface area (Å²) in [5.41, 5.74) is 0. The number of carbonyl (C=O) groups is 2. The van der Waals surface area contributed by atoms with Crippen molar-refractivity contribution in [2.45, 2.75) is 32.1 Å². The van der Waals surface area contributed by atoms with E-state index in [1.165, 1.54) is 0 Å². The van der Waals surface area contributed by atoms with Crippen LogP contribution in [0.4, 0.5) is 0 Å². The van der Waals surface area contributed by atoms with E-state index in [9.17, 15) is 9.59 Å². The molecule has 0 radical (unpaired) electrons. The van der Waals surface area contributed by atoms with E-state index in [0.717, 1.165) is 25.7 Å². The van der Waals surface area contributed by atoms with E-state index in [1.807, 2.05) is 0 Å². The molecule has 74 valence electrons. The molecule has 0 saturated heterocycles. The highest BCUT2D eigenvalue weighted by molar-refractivity contribution is 5.78. The lowest BCUT2D eigenvalue weighted by atomic mass is 9.88. The Morgan fingerprint density at radius 1 is 1.23 bits per heavy atom. The van der Waals surface area contributed by atoms with Gasteiger partial charge in [-0.15, -0.1) is 0 Å². The molecule has 0 amide bonds. The van der Waals surface area contributed by atoms with Gasteiger partial charge in [0.15, 0.2) is 0 Å². The fourth-order valence-corrected chi connectivity index (χ4v) is 2.00. The summed E-state index contributed by atoms with van der Waals surface area (Å²) in [5, 5.41) is 17.3. The molecule has 0 spiro atoms. The smallest absolute Gasteiger partial charge is 0.307 e. The van der Waals surface area contributed by atoms with Crippen molar-refractivity contribution in [3.05, 3.63) is 0 Å². The Bertz CT molecular complexity index is 206. The Morgan fingerprint density at radius 2 is 1.77 bits per heavy atom. The fourth-order valence-electron chi connectivity index (χ4n) is 2.00. The first-order valence-corrected chi connectivity index (χ1v) is 4.56. The first-order valence-electron chi connectivity index (χ1n) is 4.56. The quantitative estimate of drug-likeness (QED) is 0.695. The van der Waals surface area contributed by atoms with Gasteiger partial charge >= 0.3 is 11.9 Å². The summed E-state index contributed by atoms with van der Waals surface area (Å²) in [5.74, 6) is -2.58. The Morgan fingerprint density at radius 3 is 2.15 bits per heavy atom. The molecule has 1 aliphatic carbocycles. The predicted molar refractivity (Wildman–Crippen MR) is 45.3 cm³/mol. The average molecular weight is 186 g/mol. The van der Waals surface area contributed by atoms with E-state index in [2.05, 4.69) is 0 Å². The summed E-state index contributed by atoms with van der Waals surface area (Å²) in [6.45, 7) is 0. The van der Waals surface area contributed by atoms with Gasteiger partial charge in [-0.25, -0.2) is 0 Å². The number of hydrogen-bond donors (Lipinski definition) is 2. The Hall–Kier alpha value is -1.06. The zero-order valence-electron chi connectivity index (χ0n) is 7.40. The average Bonchev–Trinajstić information content (AvgIpc) is 2.50. The highest BCUT2D eigenvalue weighted by Crippen LogP contribution is 2.33. The van der Waals surface area contributed by atoms with Crippen molar-refractivity contribution in [2.24, 2.45) is 11.8 Å². The molecule has 2 N–H and O–H groups in total. The van der Waals surface area contributed by atoms with Gasteiger partial charge in [-0.1, -0.05) is 12.8 Å². The second-order valence-corrected chi connectivity index (χ2v) is 3.59. The second kappa shape index (κ2) is 4.25. The van der Waals surface area contributed by atoms with Gasteiger partial charge in [-0.05, 0) is 18.8 Å². The standard InChI is InChI=1S/C9H14O4/c10-8(11)5-7(9(12)13)6-3-1-2-4-6/h6-7H,1-5H2,(H,10,11)(H,12,13). The van der Waals surface area contributed by atoms with E-state index in [-0.39, 0.29) is 12.3 Å². The predicted octanol–water partition coefficient (Wildman–Crippen LogP) is 1.35. The van der Waals surface area contributed by atoms with Crippen LogP contribution in [0.3, 0.4) is 0 Å². The maximum absolute atomic E-state index is 10.8. The van der Waals surface area contributed by atoms with Gasteiger partial charge in [0, 0.05) is 0 Å². The molecule has 1 fully saturated rings. The van der Waals surface area contributed by atoms with Gasteiger partial charge in [0.25, 0.3) is 0 Å². The summed E-state index contributed by atoms with van der Waals surface area (Å²) in [6.07, 6.45) is 3.57. The van der Waals surface area contributed by atoms with Crippen molar-refractivity contribution in [1.29, 1.82) is 0 Å². The van der Waals surface area contributed by atoms with Gasteiger partial charge in [0.2, 0.25) is 0 Å². The number of carboxylic acids is 2. The topological polar surface area (TPSA) is 74.6 Å². The molecule has 0 aromatic carbocycles. The molecule has 1 rings (SSSR count). The zero-order valence-corrected chi connectivity index (χ0v) is 7.40. The summed E-state index contributed by atoms with van der Waals surface area (Å²) in [7, 11) is 0. The van der Waals surface area contributed by atoms with Crippen LogP contribution in [-0.4, -0.2) is 22.2 Å². The lowest BCUT2D eigenvalue weighted by molar-refractivity contribution is -0.150. The summed E-state index contributed by atoms with van der Waals surface area (Å²) in [6, 6.07) is 0. The zero-order chi connectivity index (χ0) is 9.84. The van der Waals surface area contributed by atoms with E-state index in [1.54, 1.807) is 0 Å². The highest BCUT2D eigenvalue weighted by Gasteiger charge is 2.31. The SMILES string of the molecule is O=C(O)CC(C(=O)O)C1CCCC1. The van der Waals surface area contributed by atoms with Crippen molar-refractivity contribution in [2.75, 3.05) is 0 Å². The third-order valence-electron chi connectivity index (χ3n) is 2.68. The number of hydrogen-bond acceptors (Lipinski definition) is 2. The van der Waals surface area contributed by atoms with Crippen LogP contribution in [0, 0.1) is 11.8 Å². The van der Waals surface area contributed by atoms with Crippen LogP contribution in [0.2, 0.25) is 0 Å². The Kier molecular flexibility index (Phi) is 3.28. The molecule has 1 unspecified atom stereocenters. The van der Waals surface area contributed by atoms with Crippen LogP contribution < -0.4 is 0 Å². The molecule has 0 heterocycles. The molecule has 13 heavy (non-hydrogen) atoms. The molecule has 1 atom stereocenters. The van der Waals surface area contributed by atoms with Gasteiger partial charge in [0.1, 0.15) is 0 Å². The lowest BCUT2D eigenvalue weighted by Crippen LogP contribution is -2.24. The normalized spacial score (nSPS) is 20.0. The van der Waals surface area contributed by atoms with E-state index in [0.29, 0.717) is 0 Å². The molecule has 0 aliphatic heterocycles. The first-order chi connectivity index (χ1) is 6.11. The molecular formula is C9H14O4. The number of aliphatic carboxylic acids is 2. The minimum atomic E-state index is -1.01. The van der Waals surface area contributed by atoms with Crippen molar-refractivity contribution in [3.8, 4) is 0 Å². The third kappa shape index (κ3) is 2.72. The third-order valence-corrected chi connectivity index (χ3v) is 2.68. The van der Waals surface area contributed by atoms with E-state index < -0.39 is 17.9 Å². The molecule has 4 nitrogen and oxygen atoms in total. The van der Waals surface area contributed by atoms with Crippen LogP contribution in [0.15, 0.2) is 0 Å². The van der Waals surface area contributed by atoms with Gasteiger partial charge < -0.3 is 10.2 Å². The second-order valence-electron chi connectivity index (χ2n) is 3.59. The minimum absolute atomic E-state index is 0.0774. The first kappa shape index (κ1) is 10.0. The van der Waals surface area contributed by atoms with Gasteiger partial charge in [0.05, 0.1) is 12.3 Å². The van der Waals surface area contributed by atoms with Crippen LogP contribution >= 0.6 is 0 Å². The van der Waals surface area contributed by atoms with Crippen molar-refractivity contribution in [1.82, 2.24) is 0 Å². The largest absolute Gasteiger partial charge is 0.481 e. The number of carboxylic acid groups (broad SMARTS) is 2. The Balaban J connectivity index is 2.55. The molecule has 1 saturated carbocycles. The molecule has 4 heteroatoms. The van der Waals surface area contributed by atoms with E-state index >= 15 is 0 Å². The molecule has 0 aromatic rings. The van der Waals surface area contributed by atoms with Crippen LogP contribution in [0.25, 0.3) is 0 Å². The molecule has 0 bridgehead atoms. The van der Waals surface area contributed by atoms with Crippen molar-refractivity contribution < 1.29 is 19.8 Å².